The van der Waals surface area contributed by atoms with Gasteiger partial charge in [-0.3, -0.25) is 4.68 Å². The quantitative estimate of drug-likeness (QED) is 0.930. The zero-order chi connectivity index (χ0) is 14.8. The lowest BCUT2D eigenvalue weighted by atomic mass is 10.1. The SMILES string of the molecule is COc1cccc(-c2cc(N)n(C)n2)c1OC1CCOC1. The van der Waals surface area contributed by atoms with Gasteiger partial charge in [-0.05, 0) is 12.1 Å². The van der Waals surface area contributed by atoms with Crippen molar-refractivity contribution in [1.82, 2.24) is 9.78 Å². The number of nitrogen functional groups attached to an aromatic ring is 1. The number of para-hydroxylation sites is 1. The van der Waals surface area contributed by atoms with E-state index in [9.17, 15) is 0 Å². The Balaban J connectivity index is 2.02. The maximum Gasteiger partial charge on any atom is 0.171 e. The first-order valence-electron chi connectivity index (χ1n) is 6.90. The van der Waals surface area contributed by atoms with Crippen molar-refractivity contribution in [2.75, 3.05) is 26.1 Å². The summed E-state index contributed by atoms with van der Waals surface area (Å²) < 4.78 is 18.5. The molecule has 0 amide bonds. The Morgan fingerprint density at radius 2 is 2.29 bits per heavy atom. The number of aryl methyl sites for hydroxylation is 1. The van der Waals surface area contributed by atoms with Gasteiger partial charge in [-0.25, -0.2) is 0 Å². The minimum absolute atomic E-state index is 0.0427. The second kappa shape index (κ2) is 5.65. The molecule has 0 radical (unpaired) electrons. The summed E-state index contributed by atoms with van der Waals surface area (Å²) in [4.78, 5) is 0. The van der Waals surface area contributed by atoms with Gasteiger partial charge >= 0.3 is 0 Å². The fourth-order valence-electron chi connectivity index (χ4n) is 2.39. The first-order chi connectivity index (χ1) is 10.2. The van der Waals surface area contributed by atoms with Crippen LogP contribution in [0.3, 0.4) is 0 Å². The second-order valence-electron chi connectivity index (χ2n) is 5.02. The van der Waals surface area contributed by atoms with E-state index >= 15 is 0 Å². The molecule has 6 nitrogen and oxygen atoms in total. The van der Waals surface area contributed by atoms with Crippen molar-refractivity contribution in [3.8, 4) is 22.8 Å². The number of anilines is 1. The molecule has 1 atom stereocenters. The fourth-order valence-corrected chi connectivity index (χ4v) is 2.39. The second-order valence-corrected chi connectivity index (χ2v) is 5.02. The number of hydrogen-bond acceptors (Lipinski definition) is 5. The highest BCUT2D eigenvalue weighted by molar-refractivity contribution is 5.72. The molecule has 1 aliphatic heterocycles. The van der Waals surface area contributed by atoms with Crippen molar-refractivity contribution >= 4 is 5.82 Å². The molecule has 2 N–H and O–H groups in total. The Morgan fingerprint density at radius 1 is 1.43 bits per heavy atom. The molecule has 2 aromatic rings. The van der Waals surface area contributed by atoms with Crippen LogP contribution in [0.2, 0.25) is 0 Å². The first-order valence-corrected chi connectivity index (χ1v) is 6.90. The summed E-state index contributed by atoms with van der Waals surface area (Å²) in [6.07, 6.45) is 0.920. The number of aromatic nitrogens is 2. The van der Waals surface area contributed by atoms with Crippen molar-refractivity contribution in [2.45, 2.75) is 12.5 Å². The van der Waals surface area contributed by atoms with E-state index in [4.69, 9.17) is 19.9 Å². The van der Waals surface area contributed by atoms with Crippen LogP contribution in [0.1, 0.15) is 6.42 Å². The maximum absolute atomic E-state index is 6.09. The number of hydrogen-bond donors (Lipinski definition) is 1. The van der Waals surface area contributed by atoms with Crippen LogP contribution < -0.4 is 15.2 Å². The van der Waals surface area contributed by atoms with E-state index in [-0.39, 0.29) is 6.10 Å². The molecule has 0 spiro atoms. The van der Waals surface area contributed by atoms with E-state index in [1.807, 2.05) is 31.3 Å². The van der Waals surface area contributed by atoms with Gasteiger partial charge in [0.2, 0.25) is 0 Å². The summed E-state index contributed by atoms with van der Waals surface area (Å²) in [7, 11) is 3.44. The highest BCUT2D eigenvalue weighted by Crippen LogP contribution is 2.39. The van der Waals surface area contributed by atoms with Crippen LogP contribution in [0, 0.1) is 0 Å². The summed E-state index contributed by atoms with van der Waals surface area (Å²) in [5, 5.41) is 4.42. The van der Waals surface area contributed by atoms with E-state index in [1.165, 1.54) is 0 Å². The van der Waals surface area contributed by atoms with Gasteiger partial charge in [0.15, 0.2) is 11.5 Å². The topological polar surface area (TPSA) is 71.5 Å². The van der Waals surface area contributed by atoms with Gasteiger partial charge < -0.3 is 19.9 Å². The van der Waals surface area contributed by atoms with E-state index < -0.39 is 0 Å². The van der Waals surface area contributed by atoms with Gasteiger partial charge in [-0.15, -0.1) is 0 Å². The summed E-state index contributed by atoms with van der Waals surface area (Å²) in [5.41, 5.74) is 7.51. The summed E-state index contributed by atoms with van der Waals surface area (Å²) >= 11 is 0. The van der Waals surface area contributed by atoms with Gasteiger partial charge in [0, 0.05) is 25.1 Å². The van der Waals surface area contributed by atoms with Crippen LogP contribution in [-0.2, 0) is 11.8 Å². The average molecular weight is 289 g/mol. The Hall–Kier alpha value is -2.21. The number of rotatable bonds is 4. The molecule has 1 unspecified atom stereocenters. The zero-order valence-corrected chi connectivity index (χ0v) is 12.2. The van der Waals surface area contributed by atoms with Crippen LogP contribution >= 0.6 is 0 Å². The minimum atomic E-state index is 0.0427. The van der Waals surface area contributed by atoms with Crippen LogP contribution in [-0.4, -0.2) is 36.2 Å². The van der Waals surface area contributed by atoms with Crippen LogP contribution in [0.25, 0.3) is 11.3 Å². The predicted octanol–water partition coefficient (Wildman–Crippen LogP) is 1.85. The van der Waals surface area contributed by atoms with Gasteiger partial charge in [0.25, 0.3) is 0 Å². The lowest BCUT2D eigenvalue weighted by molar-refractivity contribution is 0.139. The third-order valence-corrected chi connectivity index (χ3v) is 3.56. The van der Waals surface area contributed by atoms with E-state index in [2.05, 4.69) is 5.10 Å². The maximum atomic E-state index is 6.09. The monoisotopic (exact) mass is 289 g/mol. The lowest BCUT2D eigenvalue weighted by Gasteiger charge is -2.17. The molecular formula is C15H19N3O3. The number of ether oxygens (including phenoxy) is 3. The van der Waals surface area contributed by atoms with Crippen molar-refractivity contribution in [3.63, 3.8) is 0 Å². The van der Waals surface area contributed by atoms with Gasteiger partial charge in [0.05, 0.1) is 26.0 Å². The molecule has 6 heteroatoms. The normalized spacial score (nSPS) is 17.9. The molecule has 1 aliphatic rings. The number of methoxy groups -OCH3 is 1. The number of benzene rings is 1. The van der Waals surface area contributed by atoms with Gasteiger partial charge in [0.1, 0.15) is 11.9 Å². The number of nitrogens with zero attached hydrogens (tertiary/aromatic N) is 2. The summed E-state index contributed by atoms with van der Waals surface area (Å²) in [6.45, 7) is 1.33. The first kappa shape index (κ1) is 13.8. The van der Waals surface area contributed by atoms with Crippen molar-refractivity contribution in [2.24, 2.45) is 7.05 Å². The lowest BCUT2D eigenvalue weighted by Crippen LogP contribution is -2.16. The van der Waals surface area contributed by atoms with E-state index in [0.29, 0.717) is 23.9 Å². The van der Waals surface area contributed by atoms with Crippen LogP contribution in [0.15, 0.2) is 24.3 Å². The molecule has 3 rings (SSSR count). The van der Waals surface area contributed by atoms with Crippen LogP contribution in [0.4, 0.5) is 5.82 Å². The highest BCUT2D eigenvalue weighted by Gasteiger charge is 2.22. The van der Waals surface area contributed by atoms with Crippen LogP contribution in [0.5, 0.6) is 11.5 Å². The third-order valence-electron chi connectivity index (χ3n) is 3.56. The molecule has 1 fully saturated rings. The standard InChI is InChI=1S/C15H19N3O3/c1-18-14(16)8-12(17-18)11-4-3-5-13(19-2)15(11)21-10-6-7-20-9-10/h3-5,8,10H,6-7,9,16H2,1-2H3. The minimum Gasteiger partial charge on any atom is -0.493 e. The fraction of sp³-hybridized carbons (Fsp3) is 0.400. The van der Waals surface area contributed by atoms with E-state index in [0.717, 1.165) is 24.3 Å². The molecular weight excluding hydrogens is 270 g/mol. The molecule has 0 saturated carbocycles. The van der Waals surface area contributed by atoms with Crippen molar-refractivity contribution < 1.29 is 14.2 Å². The van der Waals surface area contributed by atoms with Crippen molar-refractivity contribution in [3.05, 3.63) is 24.3 Å². The average Bonchev–Trinajstić information content (AvgIpc) is 3.10. The zero-order valence-electron chi connectivity index (χ0n) is 12.2. The summed E-state index contributed by atoms with van der Waals surface area (Å²) in [5.74, 6) is 1.97. The molecule has 1 aromatic heterocycles. The largest absolute Gasteiger partial charge is 0.493 e. The smallest absolute Gasteiger partial charge is 0.171 e. The molecule has 2 heterocycles. The summed E-state index contributed by atoms with van der Waals surface area (Å²) in [6, 6.07) is 7.57. The molecule has 21 heavy (non-hydrogen) atoms. The van der Waals surface area contributed by atoms with Crippen molar-refractivity contribution in [1.29, 1.82) is 0 Å². The number of nitrogens with two attached hydrogens (primary N) is 1. The molecule has 1 aromatic carbocycles. The molecule has 0 aliphatic carbocycles. The molecule has 1 saturated heterocycles. The predicted molar refractivity (Wildman–Crippen MR) is 79.5 cm³/mol. The Kier molecular flexibility index (Phi) is 3.70. The highest BCUT2D eigenvalue weighted by atomic mass is 16.6. The van der Waals surface area contributed by atoms with Gasteiger partial charge in [-0.1, -0.05) is 6.07 Å². The Morgan fingerprint density at radius 3 is 2.90 bits per heavy atom. The molecule has 0 bridgehead atoms. The Labute approximate surface area is 123 Å². The van der Waals surface area contributed by atoms with E-state index in [1.54, 1.807) is 11.8 Å². The molecule has 112 valence electrons. The Bertz CT molecular complexity index is 614. The third kappa shape index (κ3) is 2.67. The van der Waals surface area contributed by atoms with Gasteiger partial charge in [-0.2, -0.15) is 5.10 Å².